The first-order valence-corrected chi connectivity index (χ1v) is 10.1. The number of likely N-dealkylation sites (tertiary alicyclic amines) is 1. The molecule has 0 aliphatic carbocycles. The molecule has 0 unspecified atom stereocenters. The van der Waals surface area contributed by atoms with Crippen molar-refractivity contribution in [2.45, 2.75) is 32.5 Å². The van der Waals surface area contributed by atoms with Gasteiger partial charge in [-0.1, -0.05) is 24.3 Å². The molecule has 27 heavy (non-hydrogen) atoms. The Bertz CT molecular complexity index is 1000. The van der Waals surface area contributed by atoms with Gasteiger partial charge in [0.05, 0.1) is 11.7 Å². The van der Waals surface area contributed by atoms with E-state index in [4.69, 9.17) is 0 Å². The predicted molar refractivity (Wildman–Crippen MR) is 107 cm³/mol. The highest BCUT2D eigenvalue weighted by atomic mass is 32.1. The number of hydrogen-bond acceptors (Lipinski definition) is 5. The number of hydrogen-bond donors (Lipinski definition) is 1. The van der Waals surface area contributed by atoms with E-state index in [1.807, 2.05) is 17.5 Å². The van der Waals surface area contributed by atoms with E-state index in [-0.39, 0.29) is 18.0 Å². The van der Waals surface area contributed by atoms with Gasteiger partial charge in [-0.25, -0.2) is 4.98 Å². The Labute approximate surface area is 161 Å². The van der Waals surface area contributed by atoms with Gasteiger partial charge in [-0.15, -0.1) is 11.3 Å². The Kier molecular flexibility index (Phi) is 5.31. The molecule has 1 aromatic carbocycles. The average Bonchev–Trinajstić information content (AvgIpc) is 3.35. The van der Waals surface area contributed by atoms with Crippen molar-refractivity contribution in [3.63, 3.8) is 0 Å². The molecular formula is C20H22N4O2S. The largest absolute Gasteiger partial charge is 0.350 e. The van der Waals surface area contributed by atoms with Gasteiger partial charge in [0.2, 0.25) is 5.91 Å². The van der Waals surface area contributed by atoms with Gasteiger partial charge in [0.15, 0.2) is 0 Å². The van der Waals surface area contributed by atoms with Crippen LogP contribution in [0.15, 0.2) is 46.8 Å². The molecule has 3 heterocycles. The number of rotatable bonds is 6. The summed E-state index contributed by atoms with van der Waals surface area (Å²) in [6.07, 6.45) is 3.97. The lowest BCUT2D eigenvalue weighted by Gasteiger charge is -2.17. The highest BCUT2D eigenvalue weighted by molar-refractivity contribution is 7.16. The minimum atomic E-state index is -0.190. The van der Waals surface area contributed by atoms with Crippen LogP contribution in [0.3, 0.4) is 0 Å². The van der Waals surface area contributed by atoms with Crippen molar-refractivity contribution in [1.29, 1.82) is 0 Å². The van der Waals surface area contributed by atoms with Crippen LogP contribution in [0.25, 0.3) is 10.2 Å². The number of carbonyl (C=O) groups is 1. The summed E-state index contributed by atoms with van der Waals surface area (Å²) < 4.78 is 1.36. The maximum atomic E-state index is 12.4. The molecule has 1 aliphatic heterocycles. The van der Waals surface area contributed by atoms with E-state index in [1.165, 1.54) is 40.6 Å². The van der Waals surface area contributed by atoms with Crippen molar-refractivity contribution in [1.82, 2.24) is 19.8 Å². The lowest BCUT2D eigenvalue weighted by Crippen LogP contribution is -2.32. The highest BCUT2D eigenvalue weighted by Crippen LogP contribution is 2.16. The number of aromatic nitrogens is 2. The van der Waals surface area contributed by atoms with E-state index in [1.54, 1.807) is 6.07 Å². The van der Waals surface area contributed by atoms with Gasteiger partial charge in [0.1, 0.15) is 11.4 Å². The molecule has 0 saturated carbocycles. The van der Waals surface area contributed by atoms with Crippen LogP contribution in [0.5, 0.6) is 0 Å². The van der Waals surface area contributed by atoms with Gasteiger partial charge >= 0.3 is 0 Å². The molecule has 0 bridgehead atoms. The summed E-state index contributed by atoms with van der Waals surface area (Å²) in [5.74, 6) is -0.190. The van der Waals surface area contributed by atoms with Crippen LogP contribution in [0.4, 0.5) is 0 Å². The molecule has 140 valence electrons. The van der Waals surface area contributed by atoms with Crippen molar-refractivity contribution in [3.8, 4) is 0 Å². The highest BCUT2D eigenvalue weighted by Gasteiger charge is 2.14. The van der Waals surface area contributed by atoms with Crippen LogP contribution in [-0.4, -0.2) is 33.4 Å². The molecule has 1 saturated heterocycles. The molecular weight excluding hydrogens is 360 g/mol. The van der Waals surface area contributed by atoms with E-state index in [9.17, 15) is 9.59 Å². The van der Waals surface area contributed by atoms with Crippen molar-refractivity contribution in [3.05, 3.63) is 63.5 Å². The van der Waals surface area contributed by atoms with E-state index in [0.717, 1.165) is 25.2 Å². The van der Waals surface area contributed by atoms with Crippen LogP contribution >= 0.6 is 11.3 Å². The fraction of sp³-hybridized carbons (Fsp3) is 0.350. The van der Waals surface area contributed by atoms with Crippen LogP contribution < -0.4 is 10.9 Å². The van der Waals surface area contributed by atoms with Crippen molar-refractivity contribution < 1.29 is 4.79 Å². The second-order valence-electron chi connectivity index (χ2n) is 6.85. The van der Waals surface area contributed by atoms with Crippen molar-refractivity contribution in [2.75, 3.05) is 13.1 Å². The summed E-state index contributed by atoms with van der Waals surface area (Å²) in [4.78, 5) is 32.1. The number of nitrogens with one attached hydrogen (secondary N) is 1. The number of fused-ring (bicyclic) bond motifs is 1. The zero-order chi connectivity index (χ0) is 18.6. The molecule has 3 aromatic rings. The Hall–Kier alpha value is -2.51. The van der Waals surface area contributed by atoms with Gasteiger partial charge < -0.3 is 5.32 Å². The third-order valence-corrected chi connectivity index (χ3v) is 5.77. The second-order valence-corrected chi connectivity index (χ2v) is 7.74. The summed E-state index contributed by atoms with van der Waals surface area (Å²) in [5.41, 5.74) is 2.19. The van der Waals surface area contributed by atoms with Gasteiger partial charge in [0.25, 0.3) is 5.56 Å². The minimum Gasteiger partial charge on any atom is -0.350 e. The lowest BCUT2D eigenvalue weighted by atomic mass is 10.1. The number of carbonyl (C=O) groups excluding carboxylic acids is 1. The van der Waals surface area contributed by atoms with E-state index < -0.39 is 0 Å². The lowest BCUT2D eigenvalue weighted by molar-refractivity contribution is -0.121. The summed E-state index contributed by atoms with van der Waals surface area (Å²) in [6, 6.07) is 9.96. The number of benzene rings is 1. The molecule has 4 rings (SSSR count). The SMILES string of the molecule is O=C(Cn1cnc2sccc2c1=O)NCc1ccccc1CN1CCCC1. The van der Waals surface area contributed by atoms with Gasteiger partial charge in [-0.2, -0.15) is 0 Å². The Morgan fingerprint density at radius 1 is 1.15 bits per heavy atom. The summed E-state index contributed by atoms with van der Waals surface area (Å²) in [7, 11) is 0. The average molecular weight is 382 g/mol. The van der Waals surface area contributed by atoms with Gasteiger partial charge in [-0.05, 0) is 48.5 Å². The Balaban J connectivity index is 1.40. The zero-order valence-electron chi connectivity index (χ0n) is 15.1. The third-order valence-electron chi connectivity index (χ3n) is 4.95. The summed E-state index contributed by atoms with van der Waals surface area (Å²) in [5, 5.41) is 5.33. The smallest absolute Gasteiger partial charge is 0.262 e. The quantitative estimate of drug-likeness (QED) is 0.711. The molecule has 1 amide bonds. The van der Waals surface area contributed by atoms with E-state index >= 15 is 0 Å². The second kappa shape index (κ2) is 8.02. The normalized spacial score (nSPS) is 14.7. The van der Waals surface area contributed by atoms with Crippen molar-refractivity contribution >= 4 is 27.5 Å². The zero-order valence-corrected chi connectivity index (χ0v) is 15.9. The minimum absolute atomic E-state index is 0.0219. The Morgan fingerprint density at radius 2 is 1.93 bits per heavy atom. The number of thiophene rings is 1. The van der Waals surface area contributed by atoms with Crippen LogP contribution in [0, 0.1) is 0 Å². The maximum absolute atomic E-state index is 12.4. The molecule has 2 aromatic heterocycles. The van der Waals surface area contributed by atoms with Gasteiger partial charge in [0, 0.05) is 13.1 Å². The summed E-state index contributed by atoms with van der Waals surface area (Å²) in [6.45, 7) is 3.64. The fourth-order valence-electron chi connectivity index (χ4n) is 3.48. The first-order chi connectivity index (χ1) is 13.2. The Morgan fingerprint density at radius 3 is 2.74 bits per heavy atom. The molecule has 1 N–H and O–H groups in total. The predicted octanol–water partition coefficient (Wildman–Crippen LogP) is 2.37. The molecule has 1 fully saturated rings. The number of amides is 1. The first kappa shape index (κ1) is 17.9. The maximum Gasteiger partial charge on any atom is 0.262 e. The molecule has 0 spiro atoms. The van der Waals surface area contributed by atoms with Crippen LogP contribution in [-0.2, 0) is 24.4 Å². The van der Waals surface area contributed by atoms with Crippen LogP contribution in [0.2, 0.25) is 0 Å². The molecule has 1 aliphatic rings. The van der Waals surface area contributed by atoms with Crippen LogP contribution in [0.1, 0.15) is 24.0 Å². The molecule has 7 heteroatoms. The number of nitrogens with zero attached hydrogens (tertiary/aromatic N) is 3. The fourth-order valence-corrected chi connectivity index (χ4v) is 4.20. The van der Waals surface area contributed by atoms with Crippen molar-refractivity contribution in [2.24, 2.45) is 0 Å². The van der Waals surface area contributed by atoms with Gasteiger partial charge in [-0.3, -0.25) is 19.1 Å². The molecule has 0 radical (unpaired) electrons. The topological polar surface area (TPSA) is 67.2 Å². The third kappa shape index (κ3) is 4.09. The molecule has 0 atom stereocenters. The molecule has 6 nitrogen and oxygen atoms in total. The van der Waals surface area contributed by atoms with E-state index in [0.29, 0.717) is 16.8 Å². The summed E-state index contributed by atoms with van der Waals surface area (Å²) >= 11 is 1.42. The van der Waals surface area contributed by atoms with E-state index in [2.05, 4.69) is 27.3 Å². The monoisotopic (exact) mass is 382 g/mol. The first-order valence-electron chi connectivity index (χ1n) is 9.19. The standard InChI is InChI=1S/C20H22N4O2S/c25-18(13-24-14-22-19-17(20(24)26)7-10-27-19)21-11-15-5-1-2-6-16(15)12-23-8-3-4-9-23/h1-2,5-7,10,14H,3-4,8-9,11-13H2,(H,21,25).